The Morgan fingerprint density at radius 2 is 1.69 bits per heavy atom. The summed E-state index contributed by atoms with van der Waals surface area (Å²) in [5, 5.41) is 15.4. The van der Waals surface area contributed by atoms with Gasteiger partial charge in [-0.15, -0.1) is 0 Å². The summed E-state index contributed by atoms with van der Waals surface area (Å²) in [4.78, 5) is 7.16. The van der Waals surface area contributed by atoms with E-state index in [1.54, 1.807) is 0 Å². The van der Waals surface area contributed by atoms with Crippen molar-refractivity contribution in [1.82, 2.24) is 20.4 Å². The van der Waals surface area contributed by atoms with Gasteiger partial charge in [0.1, 0.15) is 0 Å². The Bertz CT molecular complexity index is 479. The Labute approximate surface area is 99.0 Å². The fourth-order valence-corrected chi connectivity index (χ4v) is 4.83. The van der Waals surface area contributed by atoms with E-state index in [-0.39, 0.29) is 0 Å². The van der Waals surface area contributed by atoms with Crippen LogP contribution in [0.15, 0.2) is 30.6 Å². The summed E-state index contributed by atoms with van der Waals surface area (Å²) >= 11 is -2.02. The molecule has 0 aliphatic carbocycles. The maximum absolute atomic E-state index is 3.97. The van der Waals surface area contributed by atoms with E-state index in [0.29, 0.717) is 5.82 Å². The van der Waals surface area contributed by atoms with E-state index >= 15 is 0 Å². The Morgan fingerprint density at radius 3 is 2.31 bits per heavy atom. The van der Waals surface area contributed by atoms with Gasteiger partial charge < -0.3 is 0 Å². The van der Waals surface area contributed by atoms with Gasteiger partial charge >= 0.3 is 99.2 Å². The van der Waals surface area contributed by atoms with Gasteiger partial charge in [-0.25, -0.2) is 0 Å². The van der Waals surface area contributed by atoms with Gasteiger partial charge in [-0.1, -0.05) is 0 Å². The first-order valence-electron chi connectivity index (χ1n) is 5.18. The number of nitrogens with zero attached hydrogens (tertiary/aromatic N) is 4. The molecule has 16 heavy (non-hydrogen) atoms. The zero-order valence-corrected chi connectivity index (χ0v) is 12.5. The van der Waals surface area contributed by atoms with Crippen LogP contribution in [0, 0.1) is 0 Å². The normalized spacial score (nSPS) is 11.4. The van der Waals surface area contributed by atoms with Crippen molar-refractivity contribution in [2.45, 2.75) is 14.8 Å². The quantitative estimate of drug-likeness (QED) is 0.786. The number of hydrogen-bond acceptors (Lipinski definition) is 4. The first kappa shape index (κ1) is 11.4. The molecule has 0 N–H and O–H groups in total. The molecule has 0 unspecified atom stereocenters. The Kier molecular flexibility index (Phi) is 3.18. The second kappa shape index (κ2) is 4.45. The van der Waals surface area contributed by atoms with Gasteiger partial charge in [0.25, 0.3) is 0 Å². The van der Waals surface area contributed by atoms with Crippen molar-refractivity contribution in [3.8, 4) is 11.4 Å². The molecule has 0 radical (unpaired) electrons. The van der Waals surface area contributed by atoms with E-state index in [4.69, 9.17) is 0 Å². The Morgan fingerprint density at radius 1 is 1.00 bits per heavy atom. The number of rotatable bonds is 2. The fraction of sp³-hybridized carbons (Fsp3) is 0.273. The molecule has 82 valence electrons. The summed E-state index contributed by atoms with van der Waals surface area (Å²) in [6, 6.07) is 8.43. The average molecular weight is 321 g/mol. The van der Waals surface area contributed by atoms with Gasteiger partial charge in [-0.3, -0.25) is 0 Å². The molecule has 1 aromatic heterocycles. The predicted octanol–water partition coefficient (Wildman–Crippen LogP) is 1.48. The van der Waals surface area contributed by atoms with Gasteiger partial charge in [0.15, 0.2) is 0 Å². The summed E-state index contributed by atoms with van der Waals surface area (Å²) < 4.78 is 1.46. The third-order valence-corrected chi connectivity index (χ3v) is 8.23. The minimum absolute atomic E-state index is 0.597. The Balaban J connectivity index is 2.45. The van der Waals surface area contributed by atoms with Crippen molar-refractivity contribution in [2.24, 2.45) is 0 Å². The van der Waals surface area contributed by atoms with Gasteiger partial charge in [-0.2, -0.15) is 0 Å². The van der Waals surface area contributed by atoms with Gasteiger partial charge in [-0.05, 0) is 0 Å². The molecule has 0 saturated carbocycles. The summed E-state index contributed by atoms with van der Waals surface area (Å²) in [6.45, 7) is 0. The van der Waals surface area contributed by atoms with Crippen LogP contribution in [0.4, 0.5) is 0 Å². The molecule has 5 heteroatoms. The topological polar surface area (TPSA) is 51.6 Å². The molecular weight excluding hydrogens is 307 g/mol. The number of hydrogen-bond donors (Lipinski definition) is 0. The van der Waals surface area contributed by atoms with Gasteiger partial charge in [0.05, 0.1) is 0 Å². The molecule has 2 aromatic rings. The summed E-state index contributed by atoms with van der Waals surface area (Å²) in [6.07, 6.45) is 1.34. The van der Waals surface area contributed by atoms with Crippen LogP contribution < -0.4 is 3.58 Å². The second-order valence-corrected chi connectivity index (χ2v) is 19.2. The molecule has 0 saturated heterocycles. The minimum atomic E-state index is -2.02. The van der Waals surface area contributed by atoms with E-state index in [1.165, 1.54) is 9.91 Å². The Hall–Kier alpha value is -1.04. The predicted molar refractivity (Wildman–Crippen MR) is 66.0 cm³/mol. The summed E-state index contributed by atoms with van der Waals surface area (Å²) in [5.41, 5.74) is 1.00. The van der Waals surface area contributed by atoms with Crippen molar-refractivity contribution in [3.05, 3.63) is 30.6 Å². The van der Waals surface area contributed by atoms with Crippen LogP contribution in [-0.2, 0) is 0 Å². The SMILES string of the molecule is [CH3][Sn]([CH3])([CH3])[c]1cccc(-c2nncnn2)c1. The van der Waals surface area contributed by atoms with Crippen LogP contribution >= 0.6 is 0 Å². The van der Waals surface area contributed by atoms with Crippen LogP contribution in [-0.4, -0.2) is 38.8 Å². The molecule has 0 aliphatic heterocycles. The van der Waals surface area contributed by atoms with E-state index < -0.39 is 18.4 Å². The van der Waals surface area contributed by atoms with Crippen molar-refractivity contribution >= 4 is 22.0 Å². The van der Waals surface area contributed by atoms with E-state index in [0.717, 1.165) is 5.56 Å². The molecule has 1 aromatic carbocycles. The third kappa shape index (κ3) is 2.55. The molecule has 0 bridgehead atoms. The summed E-state index contributed by atoms with van der Waals surface area (Å²) in [7, 11) is 0. The first-order valence-corrected chi connectivity index (χ1v) is 15.2. The van der Waals surface area contributed by atoms with E-state index in [9.17, 15) is 0 Å². The molecule has 2 rings (SSSR count). The number of benzene rings is 1. The molecule has 4 nitrogen and oxygen atoms in total. The molecule has 0 spiro atoms. The second-order valence-electron chi connectivity index (χ2n) is 4.70. The number of aromatic nitrogens is 4. The first-order chi connectivity index (χ1) is 7.57. The van der Waals surface area contributed by atoms with E-state index in [2.05, 4.69) is 53.4 Å². The van der Waals surface area contributed by atoms with Gasteiger partial charge in [0, 0.05) is 0 Å². The molecule has 0 fully saturated rings. The van der Waals surface area contributed by atoms with Gasteiger partial charge in [0.2, 0.25) is 0 Å². The molecular formula is C11H14N4Sn. The molecule has 0 atom stereocenters. The summed E-state index contributed by atoms with van der Waals surface area (Å²) in [5.74, 6) is 0.597. The molecule has 0 aliphatic rings. The van der Waals surface area contributed by atoms with Crippen molar-refractivity contribution < 1.29 is 0 Å². The fourth-order valence-electron chi connectivity index (χ4n) is 1.44. The monoisotopic (exact) mass is 322 g/mol. The molecule has 1 heterocycles. The van der Waals surface area contributed by atoms with Crippen LogP contribution in [0.3, 0.4) is 0 Å². The van der Waals surface area contributed by atoms with Crippen molar-refractivity contribution in [2.75, 3.05) is 0 Å². The zero-order chi connectivity index (χ0) is 11.6. The van der Waals surface area contributed by atoms with Crippen LogP contribution in [0.25, 0.3) is 11.4 Å². The van der Waals surface area contributed by atoms with Crippen LogP contribution in [0.1, 0.15) is 0 Å². The molecule has 0 amide bonds. The third-order valence-electron chi connectivity index (χ3n) is 2.39. The standard InChI is InChI=1S/C8H5N4.3CH3.Sn/c1-2-4-7(5-3-1)8-11-9-6-10-12-8;;;;/h1-2,4-6H;3*1H3;. The average Bonchev–Trinajstić information content (AvgIpc) is 2.29. The van der Waals surface area contributed by atoms with E-state index in [1.807, 2.05) is 6.07 Å². The van der Waals surface area contributed by atoms with Crippen LogP contribution in [0.2, 0.25) is 14.8 Å². The maximum atomic E-state index is 3.97. The zero-order valence-electron chi connectivity index (χ0n) is 9.68. The van der Waals surface area contributed by atoms with Crippen molar-refractivity contribution in [1.29, 1.82) is 0 Å². The van der Waals surface area contributed by atoms with Crippen molar-refractivity contribution in [3.63, 3.8) is 0 Å². The van der Waals surface area contributed by atoms with Crippen LogP contribution in [0.5, 0.6) is 0 Å².